The zero-order chi connectivity index (χ0) is 22.3. The zero-order valence-corrected chi connectivity index (χ0v) is 21.2. The second-order valence-corrected chi connectivity index (χ2v) is 9.43. The summed E-state index contributed by atoms with van der Waals surface area (Å²) in [4.78, 5) is 13.8. The fourth-order valence-electron chi connectivity index (χ4n) is 4.11. The van der Waals surface area contributed by atoms with E-state index in [-0.39, 0.29) is 12.2 Å². The Hall–Kier alpha value is -0.570. The summed E-state index contributed by atoms with van der Waals surface area (Å²) in [5.74, 6) is -0.0393. The van der Waals surface area contributed by atoms with E-state index in [4.69, 9.17) is 4.74 Å². The second-order valence-electron chi connectivity index (χ2n) is 9.43. The van der Waals surface area contributed by atoms with Crippen LogP contribution in [-0.2, 0) is 9.53 Å². The maximum absolute atomic E-state index is 11.9. The highest BCUT2D eigenvalue weighted by Gasteiger charge is 2.13. The Bertz CT molecular complexity index is 357. The van der Waals surface area contributed by atoms with Crippen LogP contribution in [0.3, 0.4) is 0 Å². The first kappa shape index (κ1) is 29.4. The van der Waals surface area contributed by atoms with Crippen molar-refractivity contribution in [1.82, 2.24) is 4.90 Å². The van der Waals surface area contributed by atoms with Gasteiger partial charge >= 0.3 is 5.97 Å². The van der Waals surface area contributed by atoms with Gasteiger partial charge in [-0.2, -0.15) is 0 Å². The number of carbonyl (C=O) groups is 1. The van der Waals surface area contributed by atoms with Gasteiger partial charge in [0.05, 0.1) is 0 Å². The summed E-state index contributed by atoms with van der Waals surface area (Å²) >= 11 is 0. The molecule has 0 N–H and O–H groups in total. The summed E-state index contributed by atoms with van der Waals surface area (Å²) in [6.45, 7) is 4.34. The van der Waals surface area contributed by atoms with Crippen LogP contribution in [0.1, 0.15) is 149 Å². The zero-order valence-electron chi connectivity index (χ0n) is 21.2. The predicted octanol–water partition coefficient (Wildman–Crippen LogP) is 8.65. The van der Waals surface area contributed by atoms with Crippen LogP contribution in [0, 0.1) is 0 Å². The number of hydrogen-bond acceptors (Lipinski definition) is 3. The molecule has 3 nitrogen and oxygen atoms in total. The largest absolute Gasteiger partial charge is 0.446 e. The van der Waals surface area contributed by atoms with Crippen LogP contribution in [0.4, 0.5) is 0 Å². The van der Waals surface area contributed by atoms with E-state index in [1.807, 2.05) is 19.0 Å². The minimum absolute atomic E-state index is 0.0393. The topological polar surface area (TPSA) is 29.5 Å². The van der Waals surface area contributed by atoms with Gasteiger partial charge in [0.1, 0.15) is 0 Å². The molecule has 0 bridgehead atoms. The lowest BCUT2D eigenvalue weighted by Gasteiger charge is -2.22. The van der Waals surface area contributed by atoms with Crippen molar-refractivity contribution < 1.29 is 9.53 Å². The Balaban J connectivity index is 3.20. The molecule has 1 atom stereocenters. The Morgan fingerprint density at radius 3 is 1.23 bits per heavy atom. The molecule has 0 radical (unpaired) electrons. The molecule has 0 spiro atoms. The van der Waals surface area contributed by atoms with Gasteiger partial charge in [-0.25, -0.2) is 0 Å². The molecule has 0 rings (SSSR count). The van der Waals surface area contributed by atoms with Gasteiger partial charge in [-0.05, 0) is 26.9 Å². The van der Waals surface area contributed by atoms with E-state index in [2.05, 4.69) is 13.8 Å². The Morgan fingerprint density at radius 1 is 0.600 bits per heavy atom. The van der Waals surface area contributed by atoms with Crippen molar-refractivity contribution in [3.05, 3.63) is 0 Å². The SMILES string of the molecule is CCCCCCCCCCCCCCCCCCCCCC(=O)OC(CC)N(C)C. The maximum Gasteiger partial charge on any atom is 0.307 e. The third-order valence-electron chi connectivity index (χ3n) is 6.18. The van der Waals surface area contributed by atoms with Gasteiger partial charge in [-0.1, -0.05) is 129 Å². The molecule has 0 aromatic heterocycles. The number of esters is 1. The molecule has 3 heteroatoms. The summed E-state index contributed by atoms with van der Waals surface area (Å²) in [6, 6.07) is 0. The van der Waals surface area contributed by atoms with Crippen LogP contribution in [0.15, 0.2) is 0 Å². The van der Waals surface area contributed by atoms with Crippen LogP contribution in [-0.4, -0.2) is 31.2 Å². The van der Waals surface area contributed by atoms with Gasteiger partial charge < -0.3 is 4.74 Å². The van der Waals surface area contributed by atoms with Crippen molar-refractivity contribution in [2.45, 2.75) is 155 Å². The number of ether oxygens (including phenoxy) is 1. The predicted molar refractivity (Wildman–Crippen MR) is 132 cm³/mol. The van der Waals surface area contributed by atoms with Crippen molar-refractivity contribution >= 4 is 5.97 Å². The van der Waals surface area contributed by atoms with E-state index in [1.54, 1.807) is 0 Å². The lowest BCUT2D eigenvalue weighted by atomic mass is 10.0. The molecular formula is C27H55NO2. The molecule has 0 aliphatic carbocycles. The van der Waals surface area contributed by atoms with Gasteiger partial charge in [0.15, 0.2) is 6.23 Å². The molecular weight excluding hydrogens is 370 g/mol. The molecule has 0 aliphatic rings. The number of carbonyl (C=O) groups excluding carboxylic acids is 1. The molecule has 0 heterocycles. The number of rotatable bonds is 23. The maximum atomic E-state index is 11.9. The summed E-state index contributed by atoms with van der Waals surface area (Å²) in [6.07, 6.45) is 27.5. The first-order valence-corrected chi connectivity index (χ1v) is 13.5. The van der Waals surface area contributed by atoms with E-state index in [0.717, 1.165) is 19.3 Å². The molecule has 30 heavy (non-hydrogen) atoms. The molecule has 1 unspecified atom stereocenters. The quantitative estimate of drug-likeness (QED) is 0.0931. The average Bonchev–Trinajstić information content (AvgIpc) is 2.73. The lowest BCUT2D eigenvalue weighted by Crippen LogP contribution is -2.32. The lowest BCUT2D eigenvalue weighted by molar-refractivity contribution is -0.157. The highest BCUT2D eigenvalue weighted by atomic mass is 16.6. The van der Waals surface area contributed by atoms with E-state index in [0.29, 0.717) is 6.42 Å². The third kappa shape index (κ3) is 20.7. The van der Waals surface area contributed by atoms with Gasteiger partial charge in [0.2, 0.25) is 0 Å². The molecule has 180 valence electrons. The van der Waals surface area contributed by atoms with Crippen molar-refractivity contribution in [3.63, 3.8) is 0 Å². The van der Waals surface area contributed by atoms with Gasteiger partial charge in [-0.3, -0.25) is 9.69 Å². The van der Waals surface area contributed by atoms with Crippen molar-refractivity contribution in [2.24, 2.45) is 0 Å². The van der Waals surface area contributed by atoms with Gasteiger partial charge in [-0.15, -0.1) is 0 Å². The van der Waals surface area contributed by atoms with E-state index >= 15 is 0 Å². The van der Waals surface area contributed by atoms with Crippen molar-refractivity contribution in [2.75, 3.05) is 14.1 Å². The molecule has 0 aliphatic heterocycles. The summed E-state index contributed by atoms with van der Waals surface area (Å²) < 4.78 is 5.49. The Kier molecular flexibility index (Phi) is 22.7. The van der Waals surface area contributed by atoms with Crippen LogP contribution in [0.5, 0.6) is 0 Å². The summed E-state index contributed by atoms with van der Waals surface area (Å²) in [7, 11) is 3.91. The summed E-state index contributed by atoms with van der Waals surface area (Å²) in [5.41, 5.74) is 0. The highest BCUT2D eigenvalue weighted by molar-refractivity contribution is 5.69. The van der Waals surface area contributed by atoms with Crippen molar-refractivity contribution in [3.8, 4) is 0 Å². The third-order valence-corrected chi connectivity index (χ3v) is 6.18. The Morgan fingerprint density at radius 2 is 0.933 bits per heavy atom. The van der Waals surface area contributed by atoms with Gasteiger partial charge in [0, 0.05) is 6.42 Å². The molecule has 0 saturated carbocycles. The minimum Gasteiger partial charge on any atom is -0.446 e. The number of nitrogens with zero attached hydrogens (tertiary/aromatic N) is 1. The fraction of sp³-hybridized carbons (Fsp3) is 0.963. The molecule has 0 saturated heterocycles. The van der Waals surface area contributed by atoms with Crippen LogP contribution >= 0.6 is 0 Å². The first-order chi connectivity index (χ1) is 14.6. The fourth-order valence-corrected chi connectivity index (χ4v) is 4.11. The van der Waals surface area contributed by atoms with E-state index in [1.165, 1.54) is 109 Å². The van der Waals surface area contributed by atoms with Crippen LogP contribution in [0.2, 0.25) is 0 Å². The van der Waals surface area contributed by atoms with E-state index in [9.17, 15) is 4.79 Å². The minimum atomic E-state index is -0.0715. The normalized spacial score (nSPS) is 12.4. The van der Waals surface area contributed by atoms with Crippen LogP contribution in [0.25, 0.3) is 0 Å². The molecule has 0 amide bonds. The molecule has 0 aromatic rings. The number of hydrogen-bond donors (Lipinski definition) is 0. The standard InChI is InChI=1S/C27H55NO2/c1-5-7-8-9-10-11-12-13-14-15-16-17-18-19-20-21-22-23-24-25-27(29)30-26(6-2)28(3)4/h26H,5-25H2,1-4H3. The first-order valence-electron chi connectivity index (χ1n) is 13.5. The van der Waals surface area contributed by atoms with Gasteiger partial charge in [0.25, 0.3) is 0 Å². The molecule has 0 aromatic carbocycles. The Labute approximate surface area is 189 Å². The van der Waals surface area contributed by atoms with Crippen molar-refractivity contribution in [1.29, 1.82) is 0 Å². The summed E-state index contributed by atoms with van der Waals surface area (Å²) in [5, 5.41) is 0. The second kappa shape index (κ2) is 23.1. The number of unbranched alkanes of at least 4 members (excludes halogenated alkanes) is 18. The smallest absolute Gasteiger partial charge is 0.307 e. The average molecular weight is 426 g/mol. The molecule has 0 fully saturated rings. The monoisotopic (exact) mass is 425 g/mol. The van der Waals surface area contributed by atoms with Crippen LogP contribution < -0.4 is 0 Å². The highest BCUT2D eigenvalue weighted by Crippen LogP contribution is 2.15. The van der Waals surface area contributed by atoms with E-state index < -0.39 is 0 Å².